The van der Waals surface area contributed by atoms with Gasteiger partial charge in [0.1, 0.15) is 68.9 Å². The Labute approximate surface area is 476 Å². The molecule has 23 heteroatoms. The molecular weight excluding hydrogens is 1090 g/mol. The van der Waals surface area contributed by atoms with Crippen molar-refractivity contribution < 1.29 is 42.1 Å². The number of para-hydroxylation sites is 2. The van der Waals surface area contributed by atoms with Crippen molar-refractivity contribution in [3.8, 4) is 45.3 Å². The van der Waals surface area contributed by atoms with Gasteiger partial charge in [0.25, 0.3) is 0 Å². The molecule has 4 aromatic heterocycles. The lowest BCUT2D eigenvalue weighted by atomic mass is 10.1. The molecule has 424 valence electrons. The van der Waals surface area contributed by atoms with Crippen molar-refractivity contribution >= 4 is 75.1 Å². The number of anilines is 2. The van der Waals surface area contributed by atoms with Crippen molar-refractivity contribution in [1.82, 2.24) is 49.1 Å². The zero-order valence-corrected chi connectivity index (χ0v) is 46.3. The second-order valence-electron chi connectivity index (χ2n) is 19.1. The summed E-state index contributed by atoms with van der Waals surface area (Å²) >= 11 is 13.9. The first-order valence-corrected chi connectivity index (χ1v) is 26.2. The number of likely N-dealkylation sites (N-methyl/N-ethyl adjacent to an activating group) is 2. The third-order valence-corrected chi connectivity index (χ3v) is 13.3. The van der Waals surface area contributed by atoms with Gasteiger partial charge in [-0.15, -0.1) is 0 Å². The molecule has 6 N–H and O–H groups in total. The van der Waals surface area contributed by atoms with Crippen molar-refractivity contribution in [1.29, 1.82) is 0 Å². The van der Waals surface area contributed by atoms with Gasteiger partial charge in [-0.25, -0.2) is 24.7 Å². The summed E-state index contributed by atoms with van der Waals surface area (Å²) in [4.78, 5) is 54.5. The number of nitrogen functional groups attached to an aromatic ring is 2. The smallest absolute Gasteiger partial charge is 0.446 e. The summed E-state index contributed by atoms with van der Waals surface area (Å²) in [5.41, 5.74) is 17.5. The van der Waals surface area contributed by atoms with E-state index in [0.29, 0.717) is 64.9 Å². The van der Waals surface area contributed by atoms with Crippen LogP contribution in [-0.4, -0.2) is 141 Å². The minimum Gasteiger partial charge on any atom is -0.478 e. The molecule has 4 aromatic carbocycles. The third-order valence-electron chi connectivity index (χ3n) is 12.6. The number of hydrogen-bond donors (Lipinski definition) is 4. The highest BCUT2D eigenvalue weighted by Crippen LogP contribution is 2.45. The molecule has 10 rings (SSSR count). The lowest BCUT2D eigenvalue weighted by molar-refractivity contribution is -0.156. The summed E-state index contributed by atoms with van der Waals surface area (Å²) in [6, 6.07) is 35.1. The average molecular weight is 1150 g/mol. The second-order valence-corrected chi connectivity index (χ2v) is 19.8. The van der Waals surface area contributed by atoms with E-state index in [2.05, 4.69) is 29.8 Å². The van der Waals surface area contributed by atoms with Crippen LogP contribution in [0.2, 0.25) is 10.3 Å². The number of nitrogens with one attached hydrogen (secondary N) is 1. The van der Waals surface area contributed by atoms with Crippen LogP contribution < -0.4 is 26.3 Å². The standard InChI is InChI=1S/C28H29ClN6O2.C22H20ClN5O.C6H11NO2.C2HF3O/c1-33(2)15-6-9-23(36)34-16-14-20(17-34)35-26(29)24(25-27(30)31-18-32-28(25)35)19-10-12-22(13-11-19)37-21-7-4-3-5-8-21;23-20-18(14-6-8-17(9-7-14)29-16-4-2-1-3-5-16)19-21(24)26-13-27-22(19)28(20)15-10-11-25-12-15;1-7(2)5-3-4-6(8)9;3-2(4,5)1-6/h3-13,18,20H,14-17H2,1-2H3,(H2,30,31,32);1-9,13,15,25H,10-12H2,(H2,24,26,27);3-4H,5H2,1-2H3,(H,8,9);1H/b9-6+;;4-3+;/t20-;15-;;/m11../s1. The van der Waals surface area contributed by atoms with Crippen LogP contribution in [0.4, 0.5) is 24.8 Å². The molecule has 0 aliphatic carbocycles. The fourth-order valence-corrected chi connectivity index (χ4v) is 9.77. The fraction of sp³-hybridized carbons (Fsp3) is 0.259. The Balaban J connectivity index is 0.000000190. The Morgan fingerprint density at radius 3 is 1.52 bits per heavy atom. The number of likely N-dealkylation sites (tertiary alicyclic amines) is 1. The van der Waals surface area contributed by atoms with E-state index in [-0.39, 0.29) is 18.0 Å². The first-order valence-electron chi connectivity index (χ1n) is 25.5. The lowest BCUT2D eigenvalue weighted by Gasteiger charge is -2.17. The van der Waals surface area contributed by atoms with E-state index in [1.165, 1.54) is 12.7 Å². The van der Waals surface area contributed by atoms with Gasteiger partial charge in [-0.1, -0.05) is 96.0 Å². The van der Waals surface area contributed by atoms with Crippen LogP contribution in [0, 0.1) is 0 Å². The Morgan fingerprint density at radius 1 is 0.679 bits per heavy atom. The average Bonchev–Trinajstić information content (AvgIpc) is 4.47. The van der Waals surface area contributed by atoms with Crippen molar-refractivity contribution in [3.63, 3.8) is 0 Å². The maximum Gasteiger partial charge on any atom is 0.446 e. The summed E-state index contributed by atoms with van der Waals surface area (Å²) in [5, 5.41) is 14.2. The normalized spacial score (nSPS) is 15.1. The number of aromatic nitrogens is 6. The maximum atomic E-state index is 12.7. The Hall–Kier alpha value is -8.34. The van der Waals surface area contributed by atoms with Gasteiger partial charge in [0.15, 0.2) is 0 Å². The molecule has 2 aliphatic rings. The molecule has 0 unspecified atom stereocenters. The minimum absolute atomic E-state index is 0.000280. The van der Waals surface area contributed by atoms with E-state index in [1.54, 1.807) is 12.2 Å². The van der Waals surface area contributed by atoms with Crippen LogP contribution in [0.3, 0.4) is 0 Å². The van der Waals surface area contributed by atoms with E-state index in [9.17, 15) is 22.8 Å². The zero-order valence-electron chi connectivity index (χ0n) is 44.8. The molecule has 0 radical (unpaired) electrons. The van der Waals surface area contributed by atoms with E-state index in [4.69, 9.17) is 54.0 Å². The Morgan fingerprint density at radius 2 is 1.11 bits per heavy atom. The highest BCUT2D eigenvalue weighted by atomic mass is 35.5. The van der Waals surface area contributed by atoms with E-state index >= 15 is 0 Å². The maximum absolute atomic E-state index is 12.7. The first kappa shape index (κ1) is 60.3. The molecule has 0 spiro atoms. The summed E-state index contributed by atoms with van der Waals surface area (Å²) in [5.74, 6) is 2.93. The summed E-state index contributed by atoms with van der Waals surface area (Å²) in [6.45, 7) is 4.39. The number of carbonyl (C=O) groups is 3. The summed E-state index contributed by atoms with van der Waals surface area (Å²) < 4.78 is 47.2. The second kappa shape index (κ2) is 28.2. The lowest BCUT2D eigenvalue weighted by Crippen LogP contribution is -2.27. The van der Waals surface area contributed by atoms with Crippen molar-refractivity contribution in [2.24, 2.45) is 0 Å². The molecule has 2 saturated heterocycles. The number of hydrogen-bond acceptors (Lipinski definition) is 14. The molecule has 2 atom stereocenters. The number of aldehydes is 1. The molecular formula is C58H61Cl2F3N12O6. The summed E-state index contributed by atoms with van der Waals surface area (Å²) in [7, 11) is 7.70. The number of carboxylic acid groups (broad SMARTS) is 1. The van der Waals surface area contributed by atoms with Crippen molar-refractivity contribution in [3.05, 3.63) is 156 Å². The van der Waals surface area contributed by atoms with Crippen molar-refractivity contribution in [2.75, 3.05) is 78.9 Å². The summed E-state index contributed by atoms with van der Waals surface area (Å²) in [6.07, 6.45) is 5.27. The van der Waals surface area contributed by atoms with Gasteiger partial charge in [0.05, 0.1) is 22.9 Å². The van der Waals surface area contributed by atoms with Crippen LogP contribution in [-0.2, 0) is 14.4 Å². The molecule has 6 heterocycles. The molecule has 8 aromatic rings. The number of carbonyl (C=O) groups excluding carboxylic acids is 2. The van der Waals surface area contributed by atoms with Crippen LogP contribution in [0.15, 0.2) is 146 Å². The van der Waals surface area contributed by atoms with Crippen LogP contribution in [0.1, 0.15) is 24.9 Å². The van der Waals surface area contributed by atoms with Gasteiger partial charge < -0.3 is 55.2 Å². The van der Waals surface area contributed by atoms with Crippen LogP contribution in [0.25, 0.3) is 44.3 Å². The van der Waals surface area contributed by atoms with Gasteiger partial charge in [0, 0.05) is 56.0 Å². The number of aliphatic carboxylic acids is 1. The molecule has 2 aliphatic heterocycles. The predicted octanol–water partition coefficient (Wildman–Crippen LogP) is 10.6. The molecule has 18 nitrogen and oxygen atoms in total. The third kappa shape index (κ3) is 16.2. The number of fused-ring (bicyclic) bond motifs is 2. The number of rotatable bonds is 14. The molecule has 0 saturated carbocycles. The zero-order chi connectivity index (χ0) is 58.2. The van der Waals surface area contributed by atoms with Crippen LogP contribution >= 0.6 is 23.2 Å². The number of nitrogens with zero attached hydrogens (tertiary/aromatic N) is 9. The number of nitrogens with two attached hydrogens (primary N) is 2. The number of carboxylic acids is 1. The largest absolute Gasteiger partial charge is 0.478 e. The number of alkyl halides is 3. The van der Waals surface area contributed by atoms with Crippen molar-refractivity contribution in [2.45, 2.75) is 31.1 Å². The number of benzene rings is 4. The molecule has 1 amide bonds. The molecule has 2 fully saturated rings. The van der Waals surface area contributed by atoms with E-state index in [0.717, 1.165) is 82.5 Å². The number of ether oxygens (including phenoxy) is 2. The predicted molar refractivity (Wildman–Crippen MR) is 310 cm³/mol. The van der Waals surface area contributed by atoms with Gasteiger partial charge in [-0.2, -0.15) is 13.2 Å². The Kier molecular flexibility index (Phi) is 21.0. The monoisotopic (exact) mass is 1150 g/mol. The van der Waals surface area contributed by atoms with Crippen LogP contribution in [0.5, 0.6) is 23.0 Å². The SMILES string of the molecule is CN(C)C/C=C/C(=O)N1CC[C@@H](n2c(Cl)c(-c3ccc(Oc4ccccc4)cc3)c3c(N)ncnc32)C1.CN(C)C/C=C/C(=O)O.Nc1ncnc2c1c(-c1ccc(Oc3ccccc3)cc1)c(Cl)n2[C@@H]1CCNC1.O=CC(F)(F)F. The van der Waals surface area contributed by atoms with E-state index < -0.39 is 18.4 Å². The minimum atomic E-state index is -4.64. The molecule has 0 bridgehead atoms. The number of halogens is 5. The van der Waals surface area contributed by atoms with E-state index in [1.807, 2.05) is 163 Å². The van der Waals surface area contributed by atoms with Gasteiger partial charge in [0.2, 0.25) is 12.2 Å². The van der Waals surface area contributed by atoms with Gasteiger partial charge in [-0.3, -0.25) is 9.59 Å². The first-order chi connectivity index (χ1) is 38.8. The van der Waals surface area contributed by atoms with Gasteiger partial charge in [-0.05, 0) is 107 Å². The number of amides is 1. The topological polar surface area (TPSA) is 225 Å². The highest BCUT2D eigenvalue weighted by Gasteiger charge is 2.32. The molecule has 81 heavy (non-hydrogen) atoms. The highest BCUT2D eigenvalue weighted by molar-refractivity contribution is 6.36. The van der Waals surface area contributed by atoms with Gasteiger partial charge >= 0.3 is 12.1 Å². The Bertz CT molecular complexity index is 3450. The fourth-order valence-electron chi connectivity index (χ4n) is 8.93. The quantitative estimate of drug-likeness (QED) is 0.0587.